The van der Waals surface area contributed by atoms with Crippen LogP contribution in [0.1, 0.15) is 23.7 Å². The van der Waals surface area contributed by atoms with E-state index in [9.17, 15) is 9.59 Å². The minimum atomic E-state index is -0.415. The molecule has 1 rings (SSSR count). The molecule has 0 aromatic heterocycles. The van der Waals surface area contributed by atoms with Gasteiger partial charge in [-0.05, 0) is 25.1 Å². The van der Waals surface area contributed by atoms with Gasteiger partial charge in [-0.2, -0.15) is 5.26 Å². The Morgan fingerprint density at radius 1 is 1.47 bits per heavy atom. The number of nitrogens with one attached hydrogen (secondary N) is 1. The molecule has 0 unspecified atom stereocenters. The number of anilines is 1. The number of methoxy groups -OCH3 is 1. The fourth-order valence-corrected chi connectivity index (χ4v) is 1.28. The average molecular weight is 232 g/mol. The number of Topliss-reactive ketones (excluding diaryl/α,β-unsaturated/α-hetero) is 1. The predicted octanol–water partition coefficient (Wildman–Crippen LogP) is 1.75. The molecule has 0 fully saturated rings. The number of amides is 1. The first kappa shape index (κ1) is 12.7. The second-order valence-electron chi connectivity index (χ2n) is 3.35. The summed E-state index contributed by atoms with van der Waals surface area (Å²) in [6, 6.07) is 6.46. The van der Waals surface area contributed by atoms with Crippen LogP contribution in [0.4, 0.5) is 5.69 Å². The molecule has 5 nitrogen and oxygen atoms in total. The lowest BCUT2D eigenvalue weighted by atomic mass is 10.1. The zero-order valence-corrected chi connectivity index (χ0v) is 9.61. The maximum atomic E-state index is 11.2. The Balaban J connectivity index is 2.97. The average Bonchev–Trinajstić information content (AvgIpc) is 2.29. The van der Waals surface area contributed by atoms with Gasteiger partial charge in [0.15, 0.2) is 5.78 Å². The number of benzene rings is 1. The van der Waals surface area contributed by atoms with E-state index in [1.165, 1.54) is 14.0 Å². The summed E-state index contributed by atoms with van der Waals surface area (Å²) in [5, 5.41) is 10.9. The molecule has 0 saturated carbocycles. The Morgan fingerprint density at radius 2 is 2.18 bits per heavy atom. The SMILES string of the molecule is COc1cc(C(C)=O)ccc1NC(=O)CC#N. The second-order valence-corrected chi connectivity index (χ2v) is 3.35. The summed E-state index contributed by atoms with van der Waals surface area (Å²) in [4.78, 5) is 22.4. The van der Waals surface area contributed by atoms with Crippen molar-refractivity contribution in [2.75, 3.05) is 12.4 Å². The van der Waals surface area contributed by atoms with Gasteiger partial charge < -0.3 is 10.1 Å². The van der Waals surface area contributed by atoms with Crippen molar-refractivity contribution in [1.29, 1.82) is 5.26 Å². The molecule has 0 spiro atoms. The molecule has 0 heterocycles. The van der Waals surface area contributed by atoms with Crippen molar-refractivity contribution in [3.63, 3.8) is 0 Å². The molecular formula is C12H12N2O3. The summed E-state index contributed by atoms with van der Waals surface area (Å²) in [5.41, 5.74) is 0.942. The number of ketones is 1. The standard InChI is InChI=1S/C12H12N2O3/c1-8(15)9-3-4-10(11(7-9)17-2)14-12(16)5-6-13/h3-4,7H,5H2,1-2H3,(H,14,16). The van der Waals surface area contributed by atoms with Crippen LogP contribution < -0.4 is 10.1 Å². The monoisotopic (exact) mass is 232 g/mol. The van der Waals surface area contributed by atoms with Crippen molar-refractivity contribution >= 4 is 17.4 Å². The third-order valence-corrected chi connectivity index (χ3v) is 2.12. The Hall–Kier alpha value is -2.35. The molecule has 5 heteroatoms. The maximum Gasteiger partial charge on any atom is 0.238 e. The van der Waals surface area contributed by atoms with Crippen molar-refractivity contribution in [3.8, 4) is 11.8 Å². The Morgan fingerprint density at radius 3 is 2.71 bits per heavy atom. The van der Waals surface area contributed by atoms with Crippen LogP contribution >= 0.6 is 0 Å². The molecule has 0 saturated heterocycles. The summed E-state index contributed by atoms with van der Waals surface area (Å²) in [6.07, 6.45) is -0.225. The van der Waals surface area contributed by atoms with Gasteiger partial charge in [0.05, 0.1) is 18.9 Å². The van der Waals surface area contributed by atoms with E-state index >= 15 is 0 Å². The summed E-state index contributed by atoms with van der Waals surface area (Å²) in [7, 11) is 1.44. The first-order valence-corrected chi connectivity index (χ1v) is 4.94. The Bertz CT molecular complexity index is 489. The van der Waals surface area contributed by atoms with Crippen molar-refractivity contribution in [2.24, 2.45) is 0 Å². The lowest BCUT2D eigenvalue weighted by molar-refractivity contribution is -0.115. The van der Waals surface area contributed by atoms with Crippen LogP contribution in [0.25, 0.3) is 0 Å². The van der Waals surface area contributed by atoms with E-state index in [4.69, 9.17) is 10.00 Å². The number of nitrogens with zero attached hydrogens (tertiary/aromatic N) is 1. The molecule has 0 radical (unpaired) electrons. The van der Waals surface area contributed by atoms with E-state index in [2.05, 4.69) is 5.32 Å². The molecule has 0 aliphatic heterocycles. The Labute approximate surface area is 99.0 Å². The van der Waals surface area contributed by atoms with Crippen molar-refractivity contribution < 1.29 is 14.3 Å². The normalized spacial score (nSPS) is 9.24. The van der Waals surface area contributed by atoms with Crippen molar-refractivity contribution in [3.05, 3.63) is 23.8 Å². The van der Waals surface area contributed by atoms with Crippen LogP contribution in [0.15, 0.2) is 18.2 Å². The van der Waals surface area contributed by atoms with Gasteiger partial charge in [-0.1, -0.05) is 0 Å². The van der Waals surface area contributed by atoms with Crippen LogP contribution in [0.2, 0.25) is 0 Å². The number of nitriles is 1. The lowest BCUT2D eigenvalue weighted by Gasteiger charge is -2.10. The van der Waals surface area contributed by atoms with Crippen LogP contribution in [0.3, 0.4) is 0 Å². The van der Waals surface area contributed by atoms with Crippen LogP contribution in [0.5, 0.6) is 5.75 Å². The molecule has 0 aliphatic carbocycles. The van der Waals surface area contributed by atoms with Gasteiger partial charge in [0.1, 0.15) is 12.2 Å². The lowest BCUT2D eigenvalue weighted by Crippen LogP contribution is -2.11. The zero-order valence-electron chi connectivity index (χ0n) is 9.61. The Kier molecular flexibility index (Phi) is 4.23. The molecular weight excluding hydrogens is 220 g/mol. The number of carbonyl (C=O) groups is 2. The molecule has 1 amide bonds. The number of hydrogen-bond donors (Lipinski definition) is 1. The van der Waals surface area contributed by atoms with E-state index in [0.29, 0.717) is 17.0 Å². The fourth-order valence-electron chi connectivity index (χ4n) is 1.28. The van der Waals surface area contributed by atoms with Gasteiger partial charge in [-0.25, -0.2) is 0 Å². The van der Waals surface area contributed by atoms with E-state index in [1.807, 2.05) is 0 Å². The molecule has 17 heavy (non-hydrogen) atoms. The molecule has 1 aromatic rings. The van der Waals surface area contributed by atoms with Gasteiger partial charge in [0.25, 0.3) is 0 Å². The van der Waals surface area contributed by atoms with E-state index < -0.39 is 5.91 Å². The molecule has 0 atom stereocenters. The molecule has 0 bridgehead atoms. The summed E-state index contributed by atoms with van der Waals surface area (Å²) in [5.74, 6) is -0.108. The first-order chi connectivity index (χ1) is 8.08. The third kappa shape index (κ3) is 3.31. The highest BCUT2D eigenvalue weighted by Gasteiger charge is 2.09. The van der Waals surface area contributed by atoms with Gasteiger partial charge >= 0.3 is 0 Å². The number of ether oxygens (including phenoxy) is 1. The molecule has 88 valence electrons. The van der Waals surface area contributed by atoms with Gasteiger partial charge in [-0.3, -0.25) is 9.59 Å². The van der Waals surface area contributed by atoms with Gasteiger partial charge in [-0.15, -0.1) is 0 Å². The van der Waals surface area contributed by atoms with E-state index in [1.54, 1.807) is 24.3 Å². The number of hydrogen-bond acceptors (Lipinski definition) is 4. The molecule has 1 N–H and O–H groups in total. The number of carbonyl (C=O) groups excluding carboxylic acids is 2. The highest BCUT2D eigenvalue weighted by Crippen LogP contribution is 2.25. The predicted molar refractivity (Wildman–Crippen MR) is 61.9 cm³/mol. The topological polar surface area (TPSA) is 79.2 Å². The highest BCUT2D eigenvalue weighted by atomic mass is 16.5. The van der Waals surface area contributed by atoms with Crippen molar-refractivity contribution in [2.45, 2.75) is 13.3 Å². The maximum absolute atomic E-state index is 11.2. The molecule has 0 aliphatic rings. The smallest absolute Gasteiger partial charge is 0.238 e. The summed E-state index contributed by atoms with van der Waals surface area (Å²) in [6.45, 7) is 1.45. The van der Waals surface area contributed by atoms with Gasteiger partial charge in [0.2, 0.25) is 5.91 Å². The van der Waals surface area contributed by atoms with Crippen LogP contribution in [-0.2, 0) is 4.79 Å². The summed E-state index contributed by atoms with van der Waals surface area (Å²) >= 11 is 0. The molecule has 1 aromatic carbocycles. The highest BCUT2D eigenvalue weighted by molar-refractivity contribution is 5.97. The van der Waals surface area contributed by atoms with Crippen LogP contribution in [0, 0.1) is 11.3 Å². The van der Waals surface area contributed by atoms with Gasteiger partial charge in [0, 0.05) is 5.56 Å². The quantitative estimate of drug-likeness (QED) is 0.802. The van der Waals surface area contributed by atoms with E-state index in [0.717, 1.165) is 0 Å². The number of rotatable bonds is 4. The second kappa shape index (κ2) is 5.66. The fraction of sp³-hybridized carbons (Fsp3) is 0.250. The third-order valence-electron chi connectivity index (χ3n) is 2.12. The van der Waals surface area contributed by atoms with E-state index in [-0.39, 0.29) is 12.2 Å². The first-order valence-electron chi connectivity index (χ1n) is 4.94. The summed E-state index contributed by atoms with van der Waals surface area (Å²) < 4.78 is 5.07. The van der Waals surface area contributed by atoms with Crippen LogP contribution in [-0.4, -0.2) is 18.8 Å². The van der Waals surface area contributed by atoms with Crippen molar-refractivity contribution in [1.82, 2.24) is 0 Å². The minimum Gasteiger partial charge on any atom is -0.495 e. The zero-order chi connectivity index (χ0) is 12.8. The minimum absolute atomic E-state index is 0.0850. The largest absolute Gasteiger partial charge is 0.495 e.